The van der Waals surface area contributed by atoms with Crippen LogP contribution in [0.25, 0.3) is 0 Å². The van der Waals surface area contributed by atoms with Crippen molar-refractivity contribution in [1.82, 2.24) is 0 Å². The number of aldehydes is 1. The molecule has 0 amide bonds. The highest BCUT2D eigenvalue weighted by Crippen LogP contribution is 2.23. The first-order chi connectivity index (χ1) is 6.13. The van der Waals surface area contributed by atoms with Crippen LogP contribution in [0.5, 0.6) is 0 Å². The molecule has 0 fully saturated rings. The van der Waals surface area contributed by atoms with Crippen LogP contribution in [0.4, 0.5) is 0 Å². The van der Waals surface area contributed by atoms with Crippen molar-refractivity contribution in [3.63, 3.8) is 0 Å². The molecule has 70 valence electrons. The molecule has 3 heteroatoms. The van der Waals surface area contributed by atoms with Gasteiger partial charge in [0.2, 0.25) is 0 Å². The van der Waals surface area contributed by atoms with E-state index in [4.69, 9.17) is 23.2 Å². The highest BCUT2D eigenvalue weighted by molar-refractivity contribution is 6.42. The first kappa shape index (κ1) is 10.6. The van der Waals surface area contributed by atoms with Gasteiger partial charge in [-0.25, -0.2) is 0 Å². The van der Waals surface area contributed by atoms with E-state index in [9.17, 15) is 4.79 Å². The third kappa shape index (κ3) is 3.02. The Morgan fingerprint density at radius 2 is 2.08 bits per heavy atom. The standard InChI is InChI=1S/C10H10Cl2O/c1-7(6-13)4-8-2-3-9(11)10(12)5-8/h2-3,5-7H,4H2,1H3/t7-/m0/s1. The van der Waals surface area contributed by atoms with E-state index < -0.39 is 0 Å². The minimum Gasteiger partial charge on any atom is -0.303 e. The third-order valence-electron chi connectivity index (χ3n) is 1.77. The summed E-state index contributed by atoms with van der Waals surface area (Å²) in [5.74, 6) is 0.0252. The fourth-order valence-corrected chi connectivity index (χ4v) is 1.41. The molecule has 0 radical (unpaired) electrons. The van der Waals surface area contributed by atoms with E-state index in [2.05, 4.69) is 0 Å². The van der Waals surface area contributed by atoms with E-state index >= 15 is 0 Å². The van der Waals surface area contributed by atoms with E-state index in [0.29, 0.717) is 16.5 Å². The molecule has 1 nitrogen and oxygen atoms in total. The minimum absolute atomic E-state index is 0.0252. The molecule has 13 heavy (non-hydrogen) atoms. The summed E-state index contributed by atoms with van der Waals surface area (Å²) in [5, 5.41) is 1.08. The predicted octanol–water partition coefficient (Wildman–Crippen LogP) is 3.37. The Morgan fingerprint density at radius 1 is 1.38 bits per heavy atom. The van der Waals surface area contributed by atoms with Crippen molar-refractivity contribution >= 4 is 29.5 Å². The van der Waals surface area contributed by atoms with Crippen LogP contribution >= 0.6 is 23.2 Å². The summed E-state index contributed by atoms with van der Waals surface area (Å²) in [6.07, 6.45) is 1.64. The van der Waals surface area contributed by atoms with Crippen molar-refractivity contribution in [3.8, 4) is 0 Å². The second-order valence-corrected chi connectivity index (χ2v) is 3.88. The van der Waals surface area contributed by atoms with Crippen LogP contribution in [0.3, 0.4) is 0 Å². The molecular formula is C10H10Cl2O. The molecule has 1 aromatic carbocycles. The molecule has 0 aliphatic carbocycles. The highest BCUT2D eigenvalue weighted by Gasteiger charge is 2.03. The van der Waals surface area contributed by atoms with Crippen molar-refractivity contribution in [3.05, 3.63) is 33.8 Å². The van der Waals surface area contributed by atoms with Crippen molar-refractivity contribution in [2.75, 3.05) is 0 Å². The van der Waals surface area contributed by atoms with Crippen LogP contribution in [0, 0.1) is 5.92 Å². The Balaban J connectivity index is 2.79. The summed E-state index contributed by atoms with van der Waals surface area (Å²) < 4.78 is 0. The maximum atomic E-state index is 10.4. The first-order valence-electron chi connectivity index (χ1n) is 4.02. The second kappa shape index (κ2) is 4.64. The van der Waals surface area contributed by atoms with Gasteiger partial charge in [0.05, 0.1) is 10.0 Å². The number of hydrogen-bond acceptors (Lipinski definition) is 1. The Labute approximate surface area is 87.7 Å². The summed E-state index contributed by atoms with van der Waals surface area (Å²) in [5.41, 5.74) is 1.04. The molecule has 0 aliphatic rings. The SMILES string of the molecule is C[C@H](C=O)Cc1ccc(Cl)c(Cl)c1. The fraction of sp³-hybridized carbons (Fsp3) is 0.300. The molecule has 0 aliphatic heterocycles. The van der Waals surface area contributed by atoms with Gasteiger partial charge in [-0.15, -0.1) is 0 Å². The van der Waals surface area contributed by atoms with Crippen LogP contribution < -0.4 is 0 Å². The Hall–Kier alpha value is -0.530. The van der Waals surface area contributed by atoms with Crippen molar-refractivity contribution < 1.29 is 4.79 Å². The molecule has 0 N–H and O–H groups in total. The zero-order chi connectivity index (χ0) is 9.84. The molecule has 0 bridgehead atoms. The molecule has 1 aromatic rings. The van der Waals surface area contributed by atoms with Crippen LogP contribution in [0.15, 0.2) is 18.2 Å². The lowest BCUT2D eigenvalue weighted by Crippen LogP contribution is -2.00. The molecular weight excluding hydrogens is 207 g/mol. The van der Waals surface area contributed by atoms with Gasteiger partial charge in [0, 0.05) is 5.92 Å². The number of hydrogen-bond donors (Lipinski definition) is 0. The highest BCUT2D eigenvalue weighted by atomic mass is 35.5. The fourth-order valence-electron chi connectivity index (χ4n) is 1.09. The minimum atomic E-state index is 0.0252. The summed E-state index contributed by atoms with van der Waals surface area (Å²) in [6, 6.07) is 5.43. The Kier molecular flexibility index (Phi) is 3.76. The lowest BCUT2D eigenvalue weighted by Gasteiger charge is -2.04. The first-order valence-corrected chi connectivity index (χ1v) is 4.78. The van der Waals surface area contributed by atoms with Crippen molar-refractivity contribution in [2.45, 2.75) is 13.3 Å². The van der Waals surface area contributed by atoms with E-state index in [1.165, 1.54) is 0 Å². The predicted molar refractivity (Wildman–Crippen MR) is 55.4 cm³/mol. The maximum absolute atomic E-state index is 10.4. The van der Waals surface area contributed by atoms with Gasteiger partial charge < -0.3 is 4.79 Å². The lowest BCUT2D eigenvalue weighted by molar-refractivity contribution is -0.110. The van der Waals surface area contributed by atoms with Gasteiger partial charge in [0.1, 0.15) is 6.29 Å². The maximum Gasteiger partial charge on any atom is 0.123 e. The van der Waals surface area contributed by atoms with E-state index in [-0.39, 0.29) is 5.92 Å². The summed E-state index contributed by atoms with van der Waals surface area (Å²) in [7, 11) is 0. The summed E-state index contributed by atoms with van der Waals surface area (Å²) >= 11 is 11.6. The van der Waals surface area contributed by atoms with Crippen LogP contribution in [0.1, 0.15) is 12.5 Å². The molecule has 1 atom stereocenters. The molecule has 0 aromatic heterocycles. The van der Waals surface area contributed by atoms with E-state index in [1.807, 2.05) is 13.0 Å². The van der Waals surface area contributed by atoms with Crippen LogP contribution in [0.2, 0.25) is 10.0 Å². The summed E-state index contributed by atoms with van der Waals surface area (Å²) in [6.45, 7) is 1.87. The average molecular weight is 217 g/mol. The Morgan fingerprint density at radius 3 is 2.62 bits per heavy atom. The van der Waals surface area contributed by atoms with Crippen molar-refractivity contribution in [1.29, 1.82) is 0 Å². The number of carbonyl (C=O) groups excluding carboxylic acids is 1. The van der Waals surface area contributed by atoms with Gasteiger partial charge in [-0.3, -0.25) is 0 Å². The molecule has 0 unspecified atom stereocenters. The number of benzene rings is 1. The van der Waals surface area contributed by atoms with Gasteiger partial charge in [-0.1, -0.05) is 36.2 Å². The van der Waals surface area contributed by atoms with Gasteiger partial charge in [-0.2, -0.15) is 0 Å². The van der Waals surface area contributed by atoms with Crippen LogP contribution in [-0.4, -0.2) is 6.29 Å². The quantitative estimate of drug-likeness (QED) is 0.709. The average Bonchev–Trinajstić information content (AvgIpc) is 2.11. The molecule has 0 saturated carbocycles. The van der Waals surface area contributed by atoms with Gasteiger partial charge in [-0.05, 0) is 24.1 Å². The molecule has 1 rings (SSSR count). The van der Waals surface area contributed by atoms with Crippen LogP contribution in [-0.2, 0) is 11.2 Å². The summed E-state index contributed by atoms with van der Waals surface area (Å²) in [4.78, 5) is 10.4. The zero-order valence-electron chi connectivity index (χ0n) is 7.26. The molecule has 0 spiro atoms. The number of rotatable bonds is 3. The number of halogens is 2. The third-order valence-corrected chi connectivity index (χ3v) is 2.51. The lowest BCUT2D eigenvalue weighted by atomic mass is 10.0. The van der Waals surface area contributed by atoms with Gasteiger partial charge >= 0.3 is 0 Å². The van der Waals surface area contributed by atoms with Gasteiger partial charge in [0.25, 0.3) is 0 Å². The largest absolute Gasteiger partial charge is 0.303 e. The van der Waals surface area contributed by atoms with Gasteiger partial charge in [0.15, 0.2) is 0 Å². The van der Waals surface area contributed by atoms with E-state index in [0.717, 1.165) is 11.8 Å². The van der Waals surface area contributed by atoms with Crippen molar-refractivity contribution in [2.24, 2.45) is 5.92 Å². The second-order valence-electron chi connectivity index (χ2n) is 3.07. The number of carbonyl (C=O) groups is 1. The van der Waals surface area contributed by atoms with E-state index in [1.54, 1.807) is 12.1 Å². The molecule has 0 saturated heterocycles. The topological polar surface area (TPSA) is 17.1 Å². The smallest absolute Gasteiger partial charge is 0.123 e. The zero-order valence-corrected chi connectivity index (χ0v) is 8.77. The Bertz CT molecular complexity index is 310. The monoisotopic (exact) mass is 216 g/mol. The normalized spacial score (nSPS) is 12.5. The molecule has 0 heterocycles.